The maximum absolute atomic E-state index is 5.70. The average molecular weight is 404 g/mol. The molecule has 1 unspecified atom stereocenters. The Balaban J connectivity index is 1.42. The summed E-state index contributed by atoms with van der Waals surface area (Å²) in [5.41, 5.74) is 9.12. The third-order valence-corrected chi connectivity index (χ3v) is 5.83. The molecule has 3 aromatic rings. The van der Waals surface area contributed by atoms with Crippen molar-refractivity contribution in [2.75, 3.05) is 0 Å². The highest BCUT2D eigenvalue weighted by Crippen LogP contribution is 2.48. The molecule has 5 rings (SSSR count). The van der Waals surface area contributed by atoms with Gasteiger partial charge in [-0.05, 0) is 38.3 Å². The Labute approximate surface area is 174 Å². The molecule has 1 aliphatic heterocycles. The molecule has 3 N–H and O–H groups in total. The van der Waals surface area contributed by atoms with Crippen LogP contribution in [0.5, 0.6) is 0 Å². The number of allylic oxidation sites excluding steroid dienone is 1. The van der Waals surface area contributed by atoms with Gasteiger partial charge < -0.3 is 9.84 Å². The Morgan fingerprint density at radius 1 is 1.27 bits per heavy atom. The second-order valence-corrected chi connectivity index (χ2v) is 8.08. The van der Waals surface area contributed by atoms with E-state index in [4.69, 9.17) is 15.2 Å². The fraction of sp³-hybridized carbons (Fsp3) is 0.381. The molecular weight excluding hydrogens is 380 g/mol. The lowest BCUT2D eigenvalue weighted by atomic mass is 9.64. The Kier molecular flexibility index (Phi) is 4.47. The zero-order valence-electron chi connectivity index (χ0n) is 17.0. The van der Waals surface area contributed by atoms with E-state index in [-0.39, 0.29) is 11.5 Å². The summed E-state index contributed by atoms with van der Waals surface area (Å²) >= 11 is 0. The third-order valence-electron chi connectivity index (χ3n) is 5.83. The molecule has 4 heterocycles. The summed E-state index contributed by atoms with van der Waals surface area (Å²) in [6.45, 7) is 4.16. The van der Waals surface area contributed by atoms with Gasteiger partial charge in [-0.2, -0.15) is 10.1 Å². The molecule has 1 saturated carbocycles. The predicted octanol–water partition coefficient (Wildman–Crippen LogP) is 2.64. The maximum atomic E-state index is 5.70. The summed E-state index contributed by atoms with van der Waals surface area (Å²) in [7, 11) is 0. The van der Waals surface area contributed by atoms with Gasteiger partial charge in [0.25, 0.3) is 5.89 Å². The largest absolute Gasteiger partial charge is 0.357 e. The highest BCUT2D eigenvalue weighted by atomic mass is 16.5. The lowest BCUT2D eigenvalue weighted by Gasteiger charge is -2.39. The Morgan fingerprint density at radius 2 is 2.13 bits per heavy atom. The smallest absolute Gasteiger partial charge is 0.261 e. The van der Waals surface area contributed by atoms with E-state index < -0.39 is 6.29 Å². The monoisotopic (exact) mass is 404 g/mol. The van der Waals surface area contributed by atoms with E-state index in [9.17, 15) is 0 Å². The van der Waals surface area contributed by atoms with Crippen LogP contribution < -0.4 is 11.1 Å². The number of nitrogens with two attached hydrogens (primary N) is 1. The number of nitrogens with one attached hydrogen (secondary N) is 1. The van der Waals surface area contributed by atoms with Crippen LogP contribution in [-0.4, -0.2) is 37.4 Å². The quantitative estimate of drug-likeness (QED) is 0.671. The fourth-order valence-electron chi connectivity index (χ4n) is 3.84. The molecule has 0 bridgehead atoms. The standard InChI is InChI=1S/C21H24N8O/c1-13(2)29-12-15(10-26-29)18-27-19(28-30-18)21(6-3-7-21)16-4-5-17(23-11-16)14-8-24-20(22)25-9-14/h4-5,8-13,20,24H,3,6-7,22H2,1-2H3. The second-order valence-electron chi connectivity index (χ2n) is 8.08. The molecule has 2 aliphatic rings. The van der Waals surface area contributed by atoms with E-state index in [1.165, 1.54) is 0 Å². The van der Waals surface area contributed by atoms with Crippen molar-refractivity contribution in [3.8, 4) is 11.5 Å². The first-order valence-electron chi connectivity index (χ1n) is 10.2. The summed E-state index contributed by atoms with van der Waals surface area (Å²) in [5, 5.41) is 11.7. The molecule has 0 aromatic carbocycles. The van der Waals surface area contributed by atoms with Gasteiger partial charge in [0.15, 0.2) is 12.1 Å². The highest BCUT2D eigenvalue weighted by molar-refractivity contribution is 6.09. The van der Waals surface area contributed by atoms with Crippen LogP contribution in [0.25, 0.3) is 17.0 Å². The van der Waals surface area contributed by atoms with Crippen molar-refractivity contribution >= 4 is 11.8 Å². The average Bonchev–Trinajstić information content (AvgIpc) is 3.38. The molecule has 3 aromatic heterocycles. The molecule has 0 spiro atoms. The highest BCUT2D eigenvalue weighted by Gasteiger charge is 2.45. The fourth-order valence-corrected chi connectivity index (χ4v) is 3.84. The van der Waals surface area contributed by atoms with Gasteiger partial charge in [0.1, 0.15) is 0 Å². The van der Waals surface area contributed by atoms with E-state index in [1.54, 1.807) is 12.4 Å². The molecule has 0 amide bonds. The first-order valence-corrected chi connectivity index (χ1v) is 10.2. The zero-order valence-corrected chi connectivity index (χ0v) is 17.0. The van der Waals surface area contributed by atoms with Crippen LogP contribution in [0.4, 0.5) is 0 Å². The topological polar surface area (TPSA) is 120 Å². The Hall–Kier alpha value is -3.33. The summed E-state index contributed by atoms with van der Waals surface area (Å²) in [6, 6.07) is 4.37. The van der Waals surface area contributed by atoms with Crippen molar-refractivity contribution in [3.05, 3.63) is 54.0 Å². The molecule has 0 radical (unpaired) electrons. The van der Waals surface area contributed by atoms with Gasteiger partial charge >= 0.3 is 0 Å². The lowest BCUT2D eigenvalue weighted by molar-refractivity contribution is 0.272. The van der Waals surface area contributed by atoms with Gasteiger partial charge in [-0.1, -0.05) is 17.6 Å². The summed E-state index contributed by atoms with van der Waals surface area (Å²) in [4.78, 5) is 13.5. The number of aromatic nitrogens is 5. The van der Waals surface area contributed by atoms with Crippen LogP contribution in [0.3, 0.4) is 0 Å². The van der Waals surface area contributed by atoms with Gasteiger partial charge in [-0.15, -0.1) is 0 Å². The number of hydrogen-bond acceptors (Lipinski definition) is 8. The molecule has 9 heteroatoms. The minimum absolute atomic E-state index is 0.253. The Bertz CT molecular complexity index is 1100. The van der Waals surface area contributed by atoms with Crippen molar-refractivity contribution in [3.63, 3.8) is 0 Å². The van der Waals surface area contributed by atoms with Crippen molar-refractivity contribution in [2.45, 2.75) is 50.9 Å². The van der Waals surface area contributed by atoms with Gasteiger partial charge in [-0.25, -0.2) is 0 Å². The number of pyridine rings is 1. The minimum atomic E-state index is -0.397. The van der Waals surface area contributed by atoms with Gasteiger partial charge in [0.2, 0.25) is 0 Å². The molecule has 9 nitrogen and oxygen atoms in total. The van der Waals surface area contributed by atoms with Gasteiger partial charge in [0.05, 0.1) is 22.9 Å². The summed E-state index contributed by atoms with van der Waals surface area (Å²) < 4.78 is 7.48. The van der Waals surface area contributed by atoms with E-state index >= 15 is 0 Å². The van der Waals surface area contributed by atoms with Crippen molar-refractivity contribution in [1.82, 2.24) is 30.2 Å². The maximum Gasteiger partial charge on any atom is 0.261 e. The molecule has 1 fully saturated rings. The van der Waals surface area contributed by atoms with Crippen molar-refractivity contribution < 1.29 is 4.52 Å². The molecular formula is C21H24N8O. The van der Waals surface area contributed by atoms with Crippen LogP contribution in [0.15, 0.2) is 46.4 Å². The SMILES string of the molecule is CC(C)n1cc(-c2nc(C3(c4ccc(C5=CNC(N)N=C5)nc4)CCC3)no2)cn1. The van der Waals surface area contributed by atoms with Crippen LogP contribution in [0, 0.1) is 0 Å². The number of rotatable bonds is 5. The molecule has 154 valence electrons. The van der Waals surface area contributed by atoms with Gasteiger partial charge in [-0.3, -0.25) is 20.4 Å². The van der Waals surface area contributed by atoms with E-state index in [2.05, 4.69) is 45.5 Å². The lowest BCUT2D eigenvalue weighted by Crippen LogP contribution is -2.37. The van der Waals surface area contributed by atoms with Crippen molar-refractivity contribution in [1.29, 1.82) is 0 Å². The number of aliphatic imine (C=N–C) groups is 1. The third kappa shape index (κ3) is 3.11. The normalized spacial score (nSPS) is 20.0. The van der Waals surface area contributed by atoms with E-state index in [0.29, 0.717) is 11.7 Å². The van der Waals surface area contributed by atoms with Crippen LogP contribution >= 0.6 is 0 Å². The molecule has 0 saturated heterocycles. The second kappa shape index (κ2) is 7.17. The first-order chi connectivity index (χ1) is 14.5. The predicted molar refractivity (Wildman–Crippen MR) is 112 cm³/mol. The first kappa shape index (κ1) is 18.7. The zero-order chi connectivity index (χ0) is 20.7. The van der Waals surface area contributed by atoms with Crippen LogP contribution in [0.2, 0.25) is 0 Å². The van der Waals surface area contributed by atoms with Crippen LogP contribution in [0.1, 0.15) is 56.2 Å². The van der Waals surface area contributed by atoms with E-state index in [0.717, 1.165) is 41.7 Å². The molecule has 1 atom stereocenters. The Morgan fingerprint density at radius 3 is 2.73 bits per heavy atom. The summed E-state index contributed by atoms with van der Waals surface area (Å²) in [5.74, 6) is 1.21. The van der Waals surface area contributed by atoms with E-state index in [1.807, 2.05) is 29.3 Å². The minimum Gasteiger partial charge on any atom is -0.357 e. The van der Waals surface area contributed by atoms with Gasteiger partial charge in [0, 0.05) is 36.4 Å². The number of nitrogens with zero attached hydrogens (tertiary/aromatic N) is 6. The molecule has 1 aliphatic carbocycles. The summed E-state index contributed by atoms with van der Waals surface area (Å²) in [6.07, 6.45) is 11.9. The number of hydrogen-bond donors (Lipinski definition) is 2. The van der Waals surface area contributed by atoms with Crippen molar-refractivity contribution in [2.24, 2.45) is 10.7 Å². The molecule has 30 heavy (non-hydrogen) atoms. The van der Waals surface area contributed by atoms with Crippen LogP contribution in [-0.2, 0) is 5.41 Å².